The lowest BCUT2D eigenvalue weighted by Gasteiger charge is -2.36. The maximum Gasteiger partial charge on any atom is 0.0641 e. The molecule has 4 nitrogen and oxygen atoms in total. The topological polar surface area (TPSA) is 39.1 Å². The molecule has 0 radical (unpaired) electrons. The molecule has 0 aliphatic carbocycles. The van der Waals surface area contributed by atoms with Crippen molar-refractivity contribution >= 4 is 0 Å². The average molecular weight is 237 g/mol. The van der Waals surface area contributed by atoms with Crippen LogP contribution < -0.4 is 5.32 Å². The number of nitrogens with one attached hydrogen (secondary N) is 1. The standard InChI is InChI=1S/C13H23N3O/c1-10-11(9-15-16(10)4)8-14-12-5-6-17-13(2,3)7-12/h9,12,14H,5-8H2,1-4H3. The molecular formula is C13H23N3O. The lowest BCUT2D eigenvalue weighted by atomic mass is 9.94. The van der Waals surface area contributed by atoms with Gasteiger partial charge in [-0.15, -0.1) is 0 Å². The van der Waals surface area contributed by atoms with E-state index in [9.17, 15) is 0 Å². The Kier molecular flexibility index (Phi) is 3.54. The second-order valence-corrected chi connectivity index (χ2v) is 5.56. The summed E-state index contributed by atoms with van der Waals surface area (Å²) in [5.41, 5.74) is 2.54. The van der Waals surface area contributed by atoms with Gasteiger partial charge in [-0.2, -0.15) is 5.10 Å². The normalized spacial score (nSPS) is 23.9. The van der Waals surface area contributed by atoms with Gasteiger partial charge in [0, 0.05) is 37.5 Å². The fourth-order valence-electron chi connectivity index (χ4n) is 2.38. The number of aryl methyl sites for hydroxylation is 1. The maximum atomic E-state index is 5.72. The van der Waals surface area contributed by atoms with Crippen molar-refractivity contribution in [2.24, 2.45) is 7.05 Å². The molecule has 1 aromatic rings. The SMILES string of the molecule is Cc1c(CNC2CCOC(C)(C)C2)cnn1C. The number of hydrogen-bond donors (Lipinski definition) is 1. The Balaban J connectivity index is 1.88. The summed E-state index contributed by atoms with van der Waals surface area (Å²) in [5.74, 6) is 0. The van der Waals surface area contributed by atoms with Crippen LogP contribution in [-0.4, -0.2) is 28.0 Å². The van der Waals surface area contributed by atoms with Crippen LogP contribution in [0.4, 0.5) is 0 Å². The number of rotatable bonds is 3. The number of hydrogen-bond acceptors (Lipinski definition) is 3. The lowest BCUT2D eigenvalue weighted by Crippen LogP contribution is -2.43. The highest BCUT2D eigenvalue weighted by Crippen LogP contribution is 2.24. The summed E-state index contributed by atoms with van der Waals surface area (Å²) < 4.78 is 7.64. The van der Waals surface area contributed by atoms with E-state index in [-0.39, 0.29) is 5.60 Å². The first-order valence-corrected chi connectivity index (χ1v) is 6.33. The highest BCUT2D eigenvalue weighted by atomic mass is 16.5. The molecule has 17 heavy (non-hydrogen) atoms. The molecule has 1 fully saturated rings. The molecule has 0 amide bonds. The van der Waals surface area contributed by atoms with E-state index in [1.54, 1.807) is 0 Å². The van der Waals surface area contributed by atoms with E-state index in [4.69, 9.17) is 4.74 Å². The molecule has 1 saturated heterocycles. The van der Waals surface area contributed by atoms with Crippen LogP contribution in [0, 0.1) is 6.92 Å². The van der Waals surface area contributed by atoms with E-state index >= 15 is 0 Å². The molecule has 2 heterocycles. The second kappa shape index (κ2) is 4.78. The van der Waals surface area contributed by atoms with Gasteiger partial charge in [0.25, 0.3) is 0 Å². The minimum atomic E-state index is 0.0138. The summed E-state index contributed by atoms with van der Waals surface area (Å²) >= 11 is 0. The van der Waals surface area contributed by atoms with Crippen molar-refractivity contribution in [3.05, 3.63) is 17.5 Å². The first-order valence-electron chi connectivity index (χ1n) is 6.33. The molecule has 1 unspecified atom stereocenters. The zero-order valence-corrected chi connectivity index (χ0v) is 11.3. The van der Waals surface area contributed by atoms with Gasteiger partial charge in [-0.25, -0.2) is 0 Å². The largest absolute Gasteiger partial charge is 0.375 e. The van der Waals surface area contributed by atoms with E-state index in [1.165, 1.54) is 11.3 Å². The van der Waals surface area contributed by atoms with Crippen molar-refractivity contribution in [2.45, 2.75) is 51.8 Å². The zero-order valence-electron chi connectivity index (χ0n) is 11.3. The smallest absolute Gasteiger partial charge is 0.0641 e. The summed E-state index contributed by atoms with van der Waals surface area (Å²) in [5, 5.41) is 7.87. The predicted octanol–water partition coefficient (Wildman–Crippen LogP) is 1.78. The van der Waals surface area contributed by atoms with Crippen LogP contribution in [0.15, 0.2) is 6.20 Å². The Morgan fingerprint density at radius 3 is 2.94 bits per heavy atom. The maximum absolute atomic E-state index is 5.72. The third kappa shape index (κ3) is 3.07. The van der Waals surface area contributed by atoms with Gasteiger partial charge in [0.05, 0.1) is 11.8 Å². The summed E-state index contributed by atoms with van der Waals surface area (Å²) in [6.45, 7) is 8.20. The van der Waals surface area contributed by atoms with E-state index in [2.05, 4.69) is 31.2 Å². The molecule has 0 aromatic carbocycles. The Bertz CT molecular complexity index is 384. The van der Waals surface area contributed by atoms with Crippen molar-refractivity contribution in [1.82, 2.24) is 15.1 Å². The summed E-state index contributed by atoms with van der Waals surface area (Å²) in [7, 11) is 1.98. The molecule has 0 bridgehead atoms. The third-order valence-electron chi connectivity index (χ3n) is 3.62. The first-order chi connectivity index (χ1) is 7.98. The fourth-order valence-corrected chi connectivity index (χ4v) is 2.38. The molecule has 96 valence electrons. The van der Waals surface area contributed by atoms with Crippen molar-refractivity contribution in [2.75, 3.05) is 6.61 Å². The minimum absolute atomic E-state index is 0.0138. The van der Waals surface area contributed by atoms with E-state index in [0.29, 0.717) is 6.04 Å². The van der Waals surface area contributed by atoms with Crippen molar-refractivity contribution in [3.63, 3.8) is 0 Å². The van der Waals surface area contributed by atoms with Crippen LogP contribution in [0.3, 0.4) is 0 Å². The highest BCUT2D eigenvalue weighted by Gasteiger charge is 2.28. The molecule has 0 spiro atoms. The van der Waals surface area contributed by atoms with E-state index in [0.717, 1.165) is 26.0 Å². The second-order valence-electron chi connectivity index (χ2n) is 5.56. The third-order valence-corrected chi connectivity index (χ3v) is 3.62. The van der Waals surface area contributed by atoms with Crippen molar-refractivity contribution in [1.29, 1.82) is 0 Å². The van der Waals surface area contributed by atoms with Crippen molar-refractivity contribution in [3.8, 4) is 0 Å². The molecule has 1 aliphatic heterocycles. The van der Waals surface area contributed by atoms with Crippen LogP contribution in [0.2, 0.25) is 0 Å². The summed E-state index contributed by atoms with van der Waals surface area (Å²) in [6.07, 6.45) is 4.13. The van der Waals surface area contributed by atoms with E-state index in [1.807, 2.05) is 17.9 Å². The lowest BCUT2D eigenvalue weighted by molar-refractivity contribution is -0.0630. The zero-order chi connectivity index (χ0) is 12.5. The van der Waals surface area contributed by atoms with E-state index < -0.39 is 0 Å². The Morgan fingerprint density at radius 2 is 2.35 bits per heavy atom. The quantitative estimate of drug-likeness (QED) is 0.871. The van der Waals surface area contributed by atoms with Gasteiger partial charge < -0.3 is 10.1 Å². The average Bonchev–Trinajstić information content (AvgIpc) is 2.56. The molecule has 1 aliphatic rings. The predicted molar refractivity (Wildman–Crippen MR) is 67.8 cm³/mol. The number of ether oxygens (including phenoxy) is 1. The molecule has 4 heteroatoms. The number of nitrogens with zero attached hydrogens (tertiary/aromatic N) is 2. The first kappa shape index (κ1) is 12.6. The van der Waals surface area contributed by atoms with Gasteiger partial charge in [-0.3, -0.25) is 4.68 Å². The Morgan fingerprint density at radius 1 is 1.59 bits per heavy atom. The minimum Gasteiger partial charge on any atom is -0.375 e. The number of aromatic nitrogens is 2. The highest BCUT2D eigenvalue weighted by molar-refractivity contribution is 5.15. The van der Waals surface area contributed by atoms with Gasteiger partial charge in [0.2, 0.25) is 0 Å². The summed E-state index contributed by atoms with van der Waals surface area (Å²) in [6, 6.07) is 0.554. The van der Waals surface area contributed by atoms with Crippen LogP contribution >= 0.6 is 0 Å². The van der Waals surface area contributed by atoms with Gasteiger partial charge in [0.1, 0.15) is 0 Å². The molecule has 1 N–H and O–H groups in total. The molecular weight excluding hydrogens is 214 g/mol. The van der Waals surface area contributed by atoms with Crippen molar-refractivity contribution < 1.29 is 4.74 Å². The monoisotopic (exact) mass is 237 g/mol. The summed E-state index contributed by atoms with van der Waals surface area (Å²) in [4.78, 5) is 0. The van der Waals surface area contributed by atoms with Gasteiger partial charge in [0.15, 0.2) is 0 Å². The van der Waals surface area contributed by atoms with Crippen LogP contribution in [0.1, 0.15) is 37.9 Å². The molecule has 1 atom stereocenters. The van der Waals surface area contributed by atoms with Gasteiger partial charge in [-0.05, 0) is 33.6 Å². The molecule has 1 aromatic heterocycles. The van der Waals surface area contributed by atoms with Gasteiger partial charge >= 0.3 is 0 Å². The molecule has 2 rings (SSSR count). The Hall–Kier alpha value is -0.870. The Labute approximate surface area is 103 Å². The fraction of sp³-hybridized carbons (Fsp3) is 0.769. The van der Waals surface area contributed by atoms with Crippen LogP contribution in [-0.2, 0) is 18.3 Å². The van der Waals surface area contributed by atoms with Gasteiger partial charge in [-0.1, -0.05) is 0 Å². The van der Waals surface area contributed by atoms with Crippen LogP contribution in [0.5, 0.6) is 0 Å². The van der Waals surface area contributed by atoms with Crippen LogP contribution in [0.25, 0.3) is 0 Å². The molecule has 0 saturated carbocycles.